The van der Waals surface area contributed by atoms with Crippen LogP contribution in [0.5, 0.6) is 0 Å². The zero-order valence-corrected chi connectivity index (χ0v) is 14.1. The van der Waals surface area contributed by atoms with Gasteiger partial charge in [-0.05, 0) is 25.5 Å². The maximum atomic E-state index is 14.5. The lowest BCUT2D eigenvalue weighted by Gasteiger charge is -2.16. The molecule has 3 nitrogen and oxygen atoms in total. The van der Waals surface area contributed by atoms with Crippen molar-refractivity contribution in [1.29, 1.82) is 0 Å². The highest BCUT2D eigenvalue weighted by Crippen LogP contribution is 2.34. The number of nitrogens with one attached hydrogen (secondary N) is 1. The molecule has 1 saturated heterocycles. The molecule has 1 N–H and O–H groups in total. The normalized spacial score (nSPS) is 17.0. The molecule has 1 aromatic heterocycles. The van der Waals surface area contributed by atoms with Gasteiger partial charge >= 0.3 is 0 Å². The Hall–Kier alpha value is -2.60. The molecule has 2 aromatic carbocycles. The summed E-state index contributed by atoms with van der Waals surface area (Å²) in [5.74, 6) is -3.08. The molecule has 0 unspecified atom stereocenters. The van der Waals surface area contributed by atoms with E-state index in [2.05, 4.69) is 10.3 Å². The molecule has 0 spiro atoms. The summed E-state index contributed by atoms with van der Waals surface area (Å²) in [6, 6.07) is 11.1. The SMILES string of the molecule is Fc1cc(F)c(-c2c(-c3ccccc3)ncn2C[C@H]2CCCN2)cc1F. The predicted molar refractivity (Wildman–Crippen MR) is 94.0 cm³/mol. The third-order valence-electron chi connectivity index (χ3n) is 4.73. The summed E-state index contributed by atoms with van der Waals surface area (Å²) in [7, 11) is 0. The predicted octanol–water partition coefficient (Wildman–Crippen LogP) is 4.39. The Morgan fingerprint density at radius 1 is 1.04 bits per heavy atom. The topological polar surface area (TPSA) is 29.9 Å². The molecule has 3 aromatic rings. The van der Waals surface area contributed by atoms with E-state index in [0.717, 1.165) is 31.0 Å². The largest absolute Gasteiger partial charge is 0.328 e. The Morgan fingerprint density at radius 2 is 1.81 bits per heavy atom. The van der Waals surface area contributed by atoms with Gasteiger partial charge in [-0.1, -0.05) is 30.3 Å². The Bertz CT molecular complexity index is 916. The molecule has 6 heteroatoms. The summed E-state index contributed by atoms with van der Waals surface area (Å²) >= 11 is 0. The van der Waals surface area contributed by atoms with Gasteiger partial charge in [-0.2, -0.15) is 0 Å². The van der Waals surface area contributed by atoms with Crippen molar-refractivity contribution in [2.75, 3.05) is 6.54 Å². The Morgan fingerprint density at radius 3 is 2.54 bits per heavy atom. The zero-order chi connectivity index (χ0) is 18.1. The highest BCUT2D eigenvalue weighted by Gasteiger charge is 2.23. The summed E-state index contributed by atoms with van der Waals surface area (Å²) < 4.78 is 43.6. The summed E-state index contributed by atoms with van der Waals surface area (Å²) in [6.45, 7) is 1.54. The van der Waals surface area contributed by atoms with Gasteiger partial charge in [-0.3, -0.25) is 0 Å². The molecule has 0 bridgehead atoms. The molecule has 0 radical (unpaired) electrons. The molecule has 1 fully saturated rings. The molecule has 2 heterocycles. The first kappa shape index (κ1) is 16.8. The first-order valence-corrected chi connectivity index (χ1v) is 8.62. The van der Waals surface area contributed by atoms with Crippen molar-refractivity contribution in [3.05, 3.63) is 66.2 Å². The lowest BCUT2D eigenvalue weighted by Crippen LogP contribution is -2.26. The quantitative estimate of drug-likeness (QED) is 0.702. The van der Waals surface area contributed by atoms with Crippen LogP contribution in [0.4, 0.5) is 13.2 Å². The van der Waals surface area contributed by atoms with E-state index >= 15 is 0 Å². The Labute approximate surface area is 149 Å². The minimum Gasteiger partial charge on any atom is -0.328 e. The highest BCUT2D eigenvalue weighted by atomic mass is 19.2. The standard InChI is InChI=1S/C20H18F3N3/c21-16-10-18(23)17(22)9-15(16)20-19(13-5-2-1-3-6-13)25-12-26(20)11-14-7-4-8-24-14/h1-3,5-6,9-10,12,14,24H,4,7-8,11H2/t14-/m1/s1. The molecule has 0 aliphatic carbocycles. The second-order valence-corrected chi connectivity index (χ2v) is 6.50. The third kappa shape index (κ3) is 3.12. The first-order valence-electron chi connectivity index (χ1n) is 8.62. The van der Waals surface area contributed by atoms with Crippen molar-refractivity contribution in [2.45, 2.75) is 25.4 Å². The van der Waals surface area contributed by atoms with Crippen molar-refractivity contribution in [2.24, 2.45) is 0 Å². The number of aromatic nitrogens is 2. The minimum absolute atomic E-state index is 0.0123. The number of hydrogen-bond donors (Lipinski definition) is 1. The van der Waals surface area contributed by atoms with Crippen LogP contribution < -0.4 is 5.32 Å². The molecule has 1 aliphatic heterocycles. The van der Waals surface area contributed by atoms with E-state index in [9.17, 15) is 13.2 Å². The number of halogens is 3. The van der Waals surface area contributed by atoms with Crippen LogP contribution in [0.1, 0.15) is 12.8 Å². The van der Waals surface area contributed by atoms with E-state index in [1.165, 1.54) is 0 Å². The summed E-state index contributed by atoms with van der Waals surface area (Å²) in [4.78, 5) is 4.45. The maximum Gasteiger partial charge on any atom is 0.161 e. The number of imidazole rings is 1. The zero-order valence-electron chi connectivity index (χ0n) is 14.1. The molecule has 26 heavy (non-hydrogen) atoms. The third-order valence-corrected chi connectivity index (χ3v) is 4.73. The van der Waals surface area contributed by atoms with Crippen molar-refractivity contribution in [1.82, 2.24) is 14.9 Å². The average Bonchev–Trinajstić information content (AvgIpc) is 3.29. The highest BCUT2D eigenvalue weighted by molar-refractivity contribution is 5.79. The van der Waals surface area contributed by atoms with Crippen LogP contribution in [0, 0.1) is 17.5 Å². The van der Waals surface area contributed by atoms with Crippen LogP contribution >= 0.6 is 0 Å². The van der Waals surface area contributed by atoms with Crippen molar-refractivity contribution in [3.63, 3.8) is 0 Å². The van der Waals surface area contributed by atoms with Gasteiger partial charge in [-0.25, -0.2) is 18.2 Å². The molecular formula is C20H18F3N3. The van der Waals surface area contributed by atoms with Gasteiger partial charge in [0.1, 0.15) is 5.82 Å². The second kappa shape index (κ2) is 6.96. The molecule has 0 saturated carbocycles. The van der Waals surface area contributed by atoms with Crippen LogP contribution in [-0.2, 0) is 6.54 Å². The van der Waals surface area contributed by atoms with E-state index in [1.807, 2.05) is 34.9 Å². The van der Waals surface area contributed by atoms with Gasteiger partial charge < -0.3 is 9.88 Å². The maximum absolute atomic E-state index is 14.5. The number of rotatable bonds is 4. The number of nitrogens with zero attached hydrogens (tertiary/aromatic N) is 2. The van der Waals surface area contributed by atoms with Gasteiger partial charge in [0.05, 0.1) is 17.7 Å². The monoisotopic (exact) mass is 357 g/mol. The van der Waals surface area contributed by atoms with E-state index in [0.29, 0.717) is 24.0 Å². The fourth-order valence-corrected chi connectivity index (χ4v) is 3.46. The molecule has 1 aliphatic rings. The molecule has 0 amide bonds. The van der Waals surface area contributed by atoms with Crippen LogP contribution in [0.3, 0.4) is 0 Å². The van der Waals surface area contributed by atoms with Gasteiger partial charge in [0.15, 0.2) is 11.6 Å². The Balaban J connectivity index is 1.86. The second-order valence-electron chi connectivity index (χ2n) is 6.50. The lowest BCUT2D eigenvalue weighted by molar-refractivity contribution is 0.493. The van der Waals surface area contributed by atoms with Gasteiger partial charge in [0.25, 0.3) is 0 Å². The van der Waals surface area contributed by atoms with Gasteiger partial charge in [0, 0.05) is 29.8 Å². The smallest absolute Gasteiger partial charge is 0.161 e. The van der Waals surface area contributed by atoms with E-state index < -0.39 is 17.5 Å². The van der Waals surface area contributed by atoms with Crippen LogP contribution in [0.25, 0.3) is 22.5 Å². The van der Waals surface area contributed by atoms with Gasteiger partial charge in [-0.15, -0.1) is 0 Å². The van der Waals surface area contributed by atoms with Crippen LogP contribution in [-0.4, -0.2) is 22.1 Å². The minimum atomic E-state index is -1.20. The van der Waals surface area contributed by atoms with E-state index in [4.69, 9.17) is 0 Å². The molecule has 134 valence electrons. The summed E-state index contributed by atoms with van der Waals surface area (Å²) in [5, 5.41) is 3.39. The molecular weight excluding hydrogens is 339 g/mol. The van der Waals surface area contributed by atoms with Crippen LogP contribution in [0.15, 0.2) is 48.8 Å². The van der Waals surface area contributed by atoms with Crippen molar-refractivity contribution < 1.29 is 13.2 Å². The summed E-state index contributed by atoms with van der Waals surface area (Å²) in [6.07, 6.45) is 3.73. The van der Waals surface area contributed by atoms with Crippen molar-refractivity contribution >= 4 is 0 Å². The summed E-state index contributed by atoms with van der Waals surface area (Å²) in [5.41, 5.74) is 1.82. The fraction of sp³-hybridized carbons (Fsp3) is 0.250. The molecule has 1 atom stereocenters. The number of benzene rings is 2. The first-order chi connectivity index (χ1) is 12.6. The van der Waals surface area contributed by atoms with E-state index in [-0.39, 0.29) is 11.6 Å². The van der Waals surface area contributed by atoms with E-state index in [1.54, 1.807) is 6.33 Å². The molecule has 4 rings (SSSR count). The lowest BCUT2D eigenvalue weighted by atomic mass is 10.0. The number of hydrogen-bond acceptors (Lipinski definition) is 2. The van der Waals surface area contributed by atoms with Crippen molar-refractivity contribution in [3.8, 4) is 22.5 Å². The Kier molecular flexibility index (Phi) is 4.51. The van der Waals surface area contributed by atoms with Crippen LogP contribution in [0.2, 0.25) is 0 Å². The average molecular weight is 357 g/mol. The van der Waals surface area contributed by atoms with Gasteiger partial charge in [0.2, 0.25) is 0 Å². The fourth-order valence-electron chi connectivity index (χ4n) is 3.46.